The first-order valence-corrected chi connectivity index (χ1v) is 8.98. The smallest absolute Gasteiger partial charge is 0.219 e. The van der Waals surface area contributed by atoms with Gasteiger partial charge in [-0.05, 0) is 39.4 Å². The third-order valence-electron chi connectivity index (χ3n) is 4.77. The summed E-state index contributed by atoms with van der Waals surface area (Å²) in [5.41, 5.74) is 2.29. The van der Waals surface area contributed by atoms with Crippen molar-refractivity contribution in [3.05, 3.63) is 103 Å². The van der Waals surface area contributed by atoms with E-state index in [1.165, 1.54) is 16.3 Å². The van der Waals surface area contributed by atoms with Gasteiger partial charge in [0.25, 0.3) is 0 Å². The second-order valence-corrected chi connectivity index (χ2v) is 6.53. The minimum Gasteiger partial charge on any atom is -0.439 e. The van der Waals surface area contributed by atoms with E-state index in [4.69, 9.17) is 4.74 Å². The Morgan fingerprint density at radius 2 is 1.33 bits per heavy atom. The number of rotatable bonds is 3. The van der Waals surface area contributed by atoms with Crippen molar-refractivity contribution in [2.75, 3.05) is 0 Å². The fourth-order valence-electron chi connectivity index (χ4n) is 3.43. The standard InChI is InChI=1S/C25H17NO/c1-2-7-18(8-3-1)20-10-6-11-22(15-20)27-25-16-24-21(17-26-25)14-13-19-9-4-5-12-23(19)24/h1-17H. The van der Waals surface area contributed by atoms with Crippen LogP contribution in [0.2, 0.25) is 0 Å². The van der Waals surface area contributed by atoms with Crippen molar-refractivity contribution in [3.63, 3.8) is 0 Å². The summed E-state index contributed by atoms with van der Waals surface area (Å²) >= 11 is 0. The van der Waals surface area contributed by atoms with Gasteiger partial charge in [0.05, 0.1) is 0 Å². The molecular weight excluding hydrogens is 330 g/mol. The summed E-state index contributed by atoms with van der Waals surface area (Å²) in [4.78, 5) is 4.49. The van der Waals surface area contributed by atoms with Crippen LogP contribution in [0.1, 0.15) is 0 Å². The lowest BCUT2D eigenvalue weighted by molar-refractivity contribution is 0.464. The van der Waals surface area contributed by atoms with Gasteiger partial charge in [-0.15, -0.1) is 0 Å². The lowest BCUT2D eigenvalue weighted by Crippen LogP contribution is -1.89. The molecule has 0 fully saturated rings. The molecule has 5 rings (SSSR count). The van der Waals surface area contributed by atoms with E-state index in [1.54, 1.807) is 0 Å². The van der Waals surface area contributed by atoms with Crippen molar-refractivity contribution < 1.29 is 4.74 Å². The number of hydrogen-bond acceptors (Lipinski definition) is 2. The molecule has 2 nitrogen and oxygen atoms in total. The van der Waals surface area contributed by atoms with Crippen LogP contribution in [-0.2, 0) is 0 Å². The molecule has 0 saturated carbocycles. The van der Waals surface area contributed by atoms with E-state index in [1.807, 2.05) is 48.7 Å². The van der Waals surface area contributed by atoms with Gasteiger partial charge in [-0.1, -0.05) is 78.9 Å². The summed E-state index contributed by atoms with van der Waals surface area (Å²) in [6.07, 6.45) is 1.87. The van der Waals surface area contributed by atoms with Crippen molar-refractivity contribution in [2.24, 2.45) is 0 Å². The molecule has 0 radical (unpaired) electrons. The highest BCUT2D eigenvalue weighted by molar-refractivity contribution is 6.07. The zero-order chi connectivity index (χ0) is 18.1. The molecule has 4 aromatic carbocycles. The SMILES string of the molecule is c1ccc(-c2cccc(Oc3cc4c(ccc5ccccc54)cn3)c2)cc1. The molecule has 0 aliphatic heterocycles. The number of ether oxygens (including phenoxy) is 1. The Bertz CT molecular complexity index is 1250. The minimum atomic E-state index is 0.601. The number of hydrogen-bond donors (Lipinski definition) is 0. The maximum absolute atomic E-state index is 6.09. The Hall–Kier alpha value is -3.65. The summed E-state index contributed by atoms with van der Waals surface area (Å²) in [5.74, 6) is 1.38. The van der Waals surface area contributed by atoms with Crippen LogP contribution in [0.3, 0.4) is 0 Å². The van der Waals surface area contributed by atoms with Crippen molar-refractivity contribution in [1.29, 1.82) is 0 Å². The molecule has 5 aromatic rings. The molecule has 27 heavy (non-hydrogen) atoms. The highest BCUT2D eigenvalue weighted by Crippen LogP contribution is 2.30. The van der Waals surface area contributed by atoms with Crippen molar-refractivity contribution in [3.8, 4) is 22.8 Å². The van der Waals surface area contributed by atoms with Crippen molar-refractivity contribution in [2.45, 2.75) is 0 Å². The van der Waals surface area contributed by atoms with Crippen LogP contribution in [-0.4, -0.2) is 4.98 Å². The van der Waals surface area contributed by atoms with Gasteiger partial charge in [-0.3, -0.25) is 0 Å². The third kappa shape index (κ3) is 3.02. The van der Waals surface area contributed by atoms with Gasteiger partial charge >= 0.3 is 0 Å². The summed E-state index contributed by atoms with van der Waals surface area (Å²) < 4.78 is 6.09. The molecule has 2 heteroatoms. The predicted octanol–water partition coefficient (Wildman–Crippen LogP) is 6.85. The van der Waals surface area contributed by atoms with Crippen molar-refractivity contribution in [1.82, 2.24) is 4.98 Å². The van der Waals surface area contributed by atoms with Crippen molar-refractivity contribution >= 4 is 21.5 Å². The number of benzene rings is 4. The average Bonchev–Trinajstić information content (AvgIpc) is 2.74. The fourth-order valence-corrected chi connectivity index (χ4v) is 3.43. The Kier molecular flexibility index (Phi) is 3.80. The van der Waals surface area contributed by atoms with Gasteiger partial charge in [-0.2, -0.15) is 0 Å². The van der Waals surface area contributed by atoms with Crippen LogP contribution < -0.4 is 4.74 Å². The molecule has 1 aromatic heterocycles. The van der Waals surface area contributed by atoms with Gasteiger partial charge < -0.3 is 4.74 Å². The van der Waals surface area contributed by atoms with Crippen LogP contribution in [0.5, 0.6) is 11.6 Å². The monoisotopic (exact) mass is 347 g/mol. The third-order valence-corrected chi connectivity index (χ3v) is 4.77. The van der Waals surface area contributed by atoms with Crippen LogP contribution >= 0.6 is 0 Å². The van der Waals surface area contributed by atoms with Crippen LogP contribution in [0.15, 0.2) is 103 Å². The number of nitrogens with zero attached hydrogens (tertiary/aromatic N) is 1. The van der Waals surface area contributed by atoms with Gasteiger partial charge in [0.15, 0.2) is 0 Å². The van der Waals surface area contributed by atoms with E-state index in [-0.39, 0.29) is 0 Å². The minimum absolute atomic E-state index is 0.601. The first-order valence-electron chi connectivity index (χ1n) is 8.98. The zero-order valence-corrected chi connectivity index (χ0v) is 14.7. The molecule has 0 aliphatic rings. The molecule has 128 valence electrons. The highest BCUT2D eigenvalue weighted by atomic mass is 16.5. The molecule has 0 atom stereocenters. The molecule has 0 aliphatic carbocycles. The lowest BCUT2D eigenvalue weighted by Gasteiger charge is -2.09. The van der Waals surface area contributed by atoms with Crippen LogP contribution in [0.25, 0.3) is 32.7 Å². The van der Waals surface area contributed by atoms with E-state index in [2.05, 4.69) is 59.6 Å². The lowest BCUT2D eigenvalue weighted by atomic mass is 10.0. The molecule has 0 spiro atoms. The Morgan fingerprint density at radius 1 is 0.556 bits per heavy atom. The summed E-state index contributed by atoms with van der Waals surface area (Å²) in [6.45, 7) is 0. The summed E-state index contributed by atoms with van der Waals surface area (Å²) in [5, 5.41) is 4.69. The normalized spacial score (nSPS) is 11.0. The molecule has 0 unspecified atom stereocenters. The summed E-state index contributed by atoms with van der Waals surface area (Å²) in [7, 11) is 0. The van der Waals surface area contributed by atoms with Gasteiger partial charge in [-0.25, -0.2) is 4.98 Å². The Morgan fingerprint density at radius 3 is 2.26 bits per heavy atom. The number of pyridine rings is 1. The molecule has 1 heterocycles. The first-order chi connectivity index (χ1) is 13.4. The Labute approximate surface area is 157 Å². The molecule has 0 amide bonds. The quantitative estimate of drug-likeness (QED) is 0.333. The Balaban J connectivity index is 1.54. The molecular formula is C25H17NO. The van der Waals surface area contributed by atoms with E-state index >= 15 is 0 Å². The average molecular weight is 347 g/mol. The van der Waals surface area contributed by atoms with E-state index in [0.29, 0.717) is 5.88 Å². The maximum Gasteiger partial charge on any atom is 0.219 e. The van der Waals surface area contributed by atoms with Gasteiger partial charge in [0.1, 0.15) is 5.75 Å². The number of aromatic nitrogens is 1. The van der Waals surface area contributed by atoms with E-state index < -0.39 is 0 Å². The van der Waals surface area contributed by atoms with E-state index in [0.717, 1.165) is 22.1 Å². The maximum atomic E-state index is 6.09. The summed E-state index contributed by atoms with van der Waals surface area (Å²) in [6, 6.07) is 33.0. The topological polar surface area (TPSA) is 22.1 Å². The first kappa shape index (κ1) is 15.6. The van der Waals surface area contributed by atoms with Crippen LogP contribution in [0, 0.1) is 0 Å². The van der Waals surface area contributed by atoms with Crippen LogP contribution in [0.4, 0.5) is 0 Å². The molecule has 0 saturated heterocycles. The second-order valence-electron chi connectivity index (χ2n) is 6.53. The largest absolute Gasteiger partial charge is 0.439 e. The highest BCUT2D eigenvalue weighted by Gasteiger charge is 2.06. The molecule has 0 bridgehead atoms. The second kappa shape index (κ2) is 6.58. The van der Waals surface area contributed by atoms with E-state index in [9.17, 15) is 0 Å². The zero-order valence-electron chi connectivity index (χ0n) is 14.7. The fraction of sp³-hybridized carbons (Fsp3) is 0. The van der Waals surface area contributed by atoms with Gasteiger partial charge in [0.2, 0.25) is 5.88 Å². The molecule has 0 N–H and O–H groups in total. The van der Waals surface area contributed by atoms with Gasteiger partial charge in [0, 0.05) is 17.6 Å². The number of fused-ring (bicyclic) bond motifs is 3. The predicted molar refractivity (Wildman–Crippen MR) is 111 cm³/mol.